The number of halogens is 1. The minimum Gasteiger partial charge on any atom is -0.326 e. The number of nitrogens with zero attached hydrogens (tertiary/aromatic N) is 2. The van der Waals surface area contributed by atoms with Gasteiger partial charge in [0.2, 0.25) is 5.91 Å². The molecule has 1 aliphatic heterocycles. The summed E-state index contributed by atoms with van der Waals surface area (Å²) in [5, 5.41) is 9.01. The third-order valence-corrected chi connectivity index (χ3v) is 3.27. The molecule has 1 heterocycles. The van der Waals surface area contributed by atoms with Crippen molar-refractivity contribution in [3.8, 4) is 6.07 Å². The summed E-state index contributed by atoms with van der Waals surface area (Å²) in [6, 6.07) is 8.07. The molecule has 0 aromatic heterocycles. The Hall–Kier alpha value is -1.89. The van der Waals surface area contributed by atoms with Gasteiger partial charge < -0.3 is 4.90 Å². The molecule has 0 spiro atoms. The van der Waals surface area contributed by atoms with Crippen LogP contribution in [0.25, 0.3) is 0 Å². The van der Waals surface area contributed by atoms with E-state index in [9.17, 15) is 9.18 Å². The Kier molecular flexibility index (Phi) is 3.93. The molecular weight excluding hydrogens is 231 g/mol. The zero-order valence-electron chi connectivity index (χ0n) is 10.1. The molecule has 0 bridgehead atoms. The normalized spacial score (nSPS) is 19.3. The molecule has 1 aromatic rings. The van der Waals surface area contributed by atoms with Crippen LogP contribution in [-0.2, 0) is 11.2 Å². The molecule has 0 saturated carbocycles. The lowest BCUT2D eigenvalue weighted by Crippen LogP contribution is -2.43. The number of benzene rings is 1. The number of hydrogen-bond donors (Lipinski definition) is 0. The summed E-state index contributed by atoms with van der Waals surface area (Å²) < 4.78 is 13.5. The van der Waals surface area contributed by atoms with Crippen LogP contribution in [0.3, 0.4) is 0 Å². The predicted octanol–water partition coefficient (Wildman–Crippen LogP) is 2.27. The summed E-state index contributed by atoms with van der Waals surface area (Å²) in [4.78, 5) is 13.7. The van der Waals surface area contributed by atoms with E-state index in [0.717, 1.165) is 19.3 Å². The first kappa shape index (κ1) is 12.6. The quantitative estimate of drug-likeness (QED) is 0.803. The van der Waals surface area contributed by atoms with E-state index in [2.05, 4.69) is 6.07 Å². The zero-order valence-corrected chi connectivity index (χ0v) is 10.1. The van der Waals surface area contributed by atoms with Crippen LogP contribution in [-0.4, -0.2) is 23.4 Å². The molecule has 1 fully saturated rings. The first-order valence-electron chi connectivity index (χ1n) is 6.15. The van der Waals surface area contributed by atoms with Crippen LogP contribution in [0.1, 0.15) is 24.8 Å². The number of hydrogen-bond acceptors (Lipinski definition) is 2. The summed E-state index contributed by atoms with van der Waals surface area (Å²) in [5.41, 5.74) is 0.393. The fourth-order valence-electron chi connectivity index (χ4n) is 2.27. The predicted molar refractivity (Wildman–Crippen MR) is 65.1 cm³/mol. The third kappa shape index (κ3) is 2.67. The molecule has 1 amide bonds. The first-order valence-corrected chi connectivity index (χ1v) is 6.15. The van der Waals surface area contributed by atoms with Gasteiger partial charge in [-0.25, -0.2) is 4.39 Å². The summed E-state index contributed by atoms with van der Waals surface area (Å²) in [7, 11) is 0. The summed E-state index contributed by atoms with van der Waals surface area (Å²) in [6.07, 6.45) is 2.65. The van der Waals surface area contributed by atoms with E-state index in [1.165, 1.54) is 6.07 Å². The molecule has 94 valence electrons. The standard InChI is InChI=1S/C14H15FN2O/c15-13-7-2-1-5-11(13)9-14(18)17-8-4-3-6-12(17)10-16/h1-2,5,7,12H,3-4,6,8-9H2. The van der Waals surface area contributed by atoms with Crippen LogP contribution in [0.5, 0.6) is 0 Å². The van der Waals surface area contributed by atoms with Gasteiger partial charge in [-0.15, -0.1) is 0 Å². The molecule has 0 radical (unpaired) electrons. The number of amides is 1. The van der Waals surface area contributed by atoms with Crippen molar-refractivity contribution < 1.29 is 9.18 Å². The number of likely N-dealkylation sites (tertiary alicyclic amines) is 1. The number of rotatable bonds is 2. The Morgan fingerprint density at radius 3 is 2.94 bits per heavy atom. The lowest BCUT2D eigenvalue weighted by molar-refractivity contribution is -0.132. The highest BCUT2D eigenvalue weighted by Gasteiger charge is 2.26. The van der Waals surface area contributed by atoms with Crippen molar-refractivity contribution in [2.24, 2.45) is 0 Å². The molecule has 4 heteroatoms. The van der Waals surface area contributed by atoms with Crippen LogP contribution in [0.4, 0.5) is 4.39 Å². The fraction of sp³-hybridized carbons (Fsp3) is 0.429. The summed E-state index contributed by atoms with van der Waals surface area (Å²) in [6.45, 7) is 0.603. The topological polar surface area (TPSA) is 44.1 Å². The molecule has 3 nitrogen and oxygen atoms in total. The van der Waals surface area contributed by atoms with Crippen LogP contribution >= 0.6 is 0 Å². The fourth-order valence-corrected chi connectivity index (χ4v) is 2.27. The van der Waals surface area contributed by atoms with E-state index in [-0.39, 0.29) is 24.2 Å². The van der Waals surface area contributed by atoms with Crippen molar-refractivity contribution in [3.63, 3.8) is 0 Å². The Balaban J connectivity index is 2.08. The minimum absolute atomic E-state index is 0.0326. The second-order valence-corrected chi connectivity index (χ2v) is 4.50. The van der Waals surface area contributed by atoms with Gasteiger partial charge in [0.1, 0.15) is 11.9 Å². The number of carbonyl (C=O) groups excluding carboxylic acids is 1. The highest BCUT2D eigenvalue weighted by atomic mass is 19.1. The van der Waals surface area contributed by atoms with Crippen molar-refractivity contribution in [3.05, 3.63) is 35.6 Å². The highest BCUT2D eigenvalue weighted by molar-refractivity contribution is 5.79. The Bertz CT molecular complexity index is 481. The molecule has 0 aliphatic carbocycles. The van der Waals surface area contributed by atoms with E-state index < -0.39 is 0 Å². The monoisotopic (exact) mass is 246 g/mol. The lowest BCUT2D eigenvalue weighted by Gasteiger charge is -2.31. The van der Waals surface area contributed by atoms with Gasteiger partial charge in [0.05, 0.1) is 12.5 Å². The summed E-state index contributed by atoms with van der Waals surface area (Å²) in [5.74, 6) is -0.525. The molecule has 1 aromatic carbocycles. The molecule has 1 atom stereocenters. The molecule has 18 heavy (non-hydrogen) atoms. The maximum absolute atomic E-state index is 13.5. The average Bonchev–Trinajstić information content (AvgIpc) is 2.41. The molecule has 1 unspecified atom stereocenters. The first-order chi connectivity index (χ1) is 8.72. The number of carbonyl (C=O) groups is 1. The van der Waals surface area contributed by atoms with Gasteiger partial charge in [-0.1, -0.05) is 18.2 Å². The molecule has 2 rings (SSSR count). The van der Waals surface area contributed by atoms with Crippen molar-refractivity contribution in [2.75, 3.05) is 6.54 Å². The molecular formula is C14H15FN2O. The van der Waals surface area contributed by atoms with Crippen LogP contribution in [0.2, 0.25) is 0 Å². The zero-order chi connectivity index (χ0) is 13.0. The molecule has 1 aliphatic rings. The van der Waals surface area contributed by atoms with Crippen LogP contribution in [0, 0.1) is 17.1 Å². The Labute approximate surface area is 106 Å². The van der Waals surface area contributed by atoms with E-state index in [4.69, 9.17) is 5.26 Å². The number of nitriles is 1. The van der Waals surface area contributed by atoms with E-state index in [1.54, 1.807) is 23.1 Å². The number of piperidine rings is 1. The second kappa shape index (κ2) is 5.63. The third-order valence-electron chi connectivity index (χ3n) is 3.27. The van der Waals surface area contributed by atoms with E-state index >= 15 is 0 Å². The van der Waals surface area contributed by atoms with Crippen molar-refractivity contribution in [2.45, 2.75) is 31.7 Å². The van der Waals surface area contributed by atoms with Crippen molar-refractivity contribution in [1.82, 2.24) is 4.90 Å². The van der Waals surface area contributed by atoms with Gasteiger partial charge in [0, 0.05) is 6.54 Å². The average molecular weight is 246 g/mol. The van der Waals surface area contributed by atoms with Crippen molar-refractivity contribution >= 4 is 5.91 Å². The Morgan fingerprint density at radius 1 is 1.44 bits per heavy atom. The van der Waals surface area contributed by atoms with Gasteiger partial charge in [0.15, 0.2) is 0 Å². The maximum atomic E-state index is 13.5. The van der Waals surface area contributed by atoms with Gasteiger partial charge in [-0.05, 0) is 30.9 Å². The maximum Gasteiger partial charge on any atom is 0.228 e. The lowest BCUT2D eigenvalue weighted by atomic mass is 10.0. The van der Waals surface area contributed by atoms with E-state index in [0.29, 0.717) is 12.1 Å². The van der Waals surface area contributed by atoms with Gasteiger partial charge in [-0.3, -0.25) is 4.79 Å². The van der Waals surface area contributed by atoms with Gasteiger partial charge in [-0.2, -0.15) is 5.26 Å². The van der Waals surface area contributed by atoms with Gasteiger partial charge in [0.25, 0.3) is 0 Å². The highest BCUT2D eigenvalue weighted by Crippen LogP contribution is 2.18. The second-order valence-electron chi connectivity index (χ2n) is 4.50. The summed E-state index contributed by atoms with van der Waals surface area (Å²) >= 11 is 0. The largest absolute Gasteiger partial charge is 0.326 e. The van der Waals surface area contributed by atoms with Crippen LogP contribution < -0.4 is 0 Å². The molecule has 0 N–H and O–H groups in total. The van der Waals surface area contributed by atoms with Gasteiger partial charge >= 0.3 is 0 Å². The minimum atomic E-state index is -0.364. The molecule has 1 saturated heterocycles. The van der Waals surface area contributed by atoms with E-state index in [1.807, 2.05) is 0 Å². The smallest absolute Gasteiger partial charge is 0.228 e. The van der Waals surface area contributed by atoms with Crippen molar-refractivity contribution in [1.29, 1.82) is 5.26 Å². The van der Waals surface area contributed by atoms with Crippen LogP contribution in [0.15, 0.2) is 24.3 Å². The Morgan fingerprint density at radius 2 is 2.22 bits per heavy atom. The SMILES string of the molecule is N#CC1CCCCN1C(=O)Cc1ccccc1F.